The van der Waals surface area contributed by atoms with Gasteiger partial charge in [-0.1, -0.05) is 20.8 Å². The quantitative estimate of drug-likeness (QED) is 0.834. The highest BCUT2D eigenvalue weighted by Crippen LogP contribution is 2.22. The summed E-state index contributed by atoms with van der Waals surface area (Å²) in [6, 6.07) is 0.0850. The van der Waals surface area contributed by atoms with Crippen LogP contribution in [0.25, 0.3) is 0 Å². The molecule has 2 unspecified atom stereocenters. The van der Waals surface area contributed by atoms with E-state index in [4.69, 9.17) is 5.11 Å². The van der Waals surface area contributed by atoms with Crippen LogP contribution in [0.2, 0.25) is 0 Å². The SMILES string of the molecule is CC(NC(=O)N1CCCC(CCC(=O)O)C1)C(C)(C)C. The second-order valence-corrected chi connectivity index (χ2v) is 6.92. The molecule has 2 amide bonds. The Hall–Kier alpha value is -1.26. The number of carbonyl (C=O) groups is 2. The van der Waals surface area contributed by atoms with E-state index < -0.39 is 5.97 Å². The molecule has 1 rings (SSSR count). The molecule has 0 aromatic heterocycles. The van der Waals surface area contributed by atoms with Crippen LogP contribution in [-0.2, 0) is 4.79 Å². The molecule has 0 radical (unpaired) electrons. The number of carboxylic acid groups (broad SMARTS) is 1. The third kappa shape index (κ3) is 5.39. The van der Waals surface area contributed by atoms with Gasteiger partial charge in [0.1, 0.15) is 0 Å². The van der Waals surface area contributed by atoms with Gasteiger partial charge in [-0.05, 0) is 37.5 Å². The normalized spacial score (nSPS) is 21.4. The zero-order chi connectivity index (χ0) is 15.3. The summed E-state index contributed by atoms with van der Waals surface area (Å²) in [4.78, 5) is 24.7. The summed E-state index contributed by atoms with van der Waals surface area (Å²) in [5.41, 5.74) is 0.0359. The fraction of sp³-hybridized carbons (Fsp3) is 0.867. The van der Waals surface area contributed by atoms with Crippen molar-refractivity contribution in [2.24, 2.45) is 11.3 Å². The first kappa shape index (κ1) is 16.8. The maximum atomic E-state index is 12.2. The average molecular weight is 284 g/mol. The number of urea groups is 1. The van der Waals surface area contributed by atoms with Crippen molar-refractivity contribution in [3.63, 3.8) is 0 Å². The minimum absolute atomic E-state index is 0.0209. The highest BCUT2D eigenvalue weighted by atomic mass is 16.4. The summed E-state index contributed by atoms with van der Waals surface area (Å²) in [5, 5.41) is 11.8. The highest BCUT2D eigenvalue weighted by Gasteiger charge is 2.27. The molecule has 1 aliphatic heterocycles. The number of likely N-dealkylation sites (tertiary alicyclic amines) is 1. The number of hydrogen-bond acceptors (Lipinski definition) is 2. The van der Waals surface area contributed by atoms with Gasteiger partial charge in [0, 0.05) is 25.6 Å². The first-order chi connectivity index (χ1) is 9.20. The molecule has 116 valence electrons. The van der Waals surface area contributed by atoms with Crippen molar-refractivity contribution in [1.29, 1.82) is 0 Å². The number of hydrogen-bond donors (Lipinski definition) is 2. The van der Waals surface area contributed by atoms with E-state index in [0.717, 1.165) is 19.4 Å². The number of aliphatic carboxylic acids is 1. The van der Waals surface area contributed by atoms with E-state index in [-0.39, 0.29) is 23.9 Å². The molecule has 0 aliphatic carbocycles. The molecule has 1 fully saturated rings. The minimum atomic E-state index is -0.757. The Labute approximate surface area is 121 Å². The largest absolute Gasteiger partial charge is 0.481 e. The summed E-state index contributed by atoms with van der Waals surface area (Å²) in [7, 11) is 0. The minimum Gasteiger partial charge on any atom is -0.481 e. The average Bonchev–Trinajstić information content (AvgIpc) is 2.35. The standard InChI is InChI=1S/C15H28N2O3/c1-11(15(2,3)4)16-14(20)17-9-5-6-12(10-17)7-8-13(18)19/h11-12H,5-10H2,1-4H3,(H,16,20)(H,18,19). The van der Waals surface area contributed by atoms with E-state index in [2.05, 4.69) is 26.1 Å². The van der Waals surface area contributed by atoms with Crippen LogP contribution in [0.15, 0.2) is 0 Å². The Morgan fingerprint density at radius 1 is 1.40 bits per heavy atom. The Kier molecular flexibility index (Phi) is 5.84. The molecule has 0 saturated carbocycles. The van der Waals surface area contributed by atoms with Crippen LogP contribution in [0, 0.1) is 11.3 Å². The predicted molar refractivity (Wildman–Crippen MR) is 78.6 cm³/mol. The van der Waals surface area contributed by atoms with Crippen LogP contribution < -0.4 is 5.32 Å². The second-order valence-electron chi connectivity index (χ2n) is 6.92. The summed E-state index contributed by atoms with van der Waals surface area (Å²) < 4.78 is 0. The molecular weight excluding hydrogens is 256 g/mol. The number of piperidine rings is 1. The Morgan fingerprint density at radius 3 is 2.60 bits per heavy atom. The molecule has 0 bridgehead atoms. The lowest BCUT2D eigenvalue weighted by molar-refractivity contribution is -0.137. The molecule has 0 spiro atoms. The van der Waals surface area contributed by atoms with E-state index in [1.54, 1.807) is 0 Å². The van der Waals surface area contributed by atoms with Gasteiger partial charge in [-0.2, -0.15) is 0 Å². The zero-order valence-corrected chi connectivity index (χ0v) is 13.1. The highest BCUT2D eigenvalue weighted by molar-refractivity contribution is 5.74. The maximum absolute atomic E-state index is 12.2. The first-order valence-corrected chi connectivity index (χ1v) is 7.47. The number of nitrogens with zero attached hydrogens (tertiary/aromatic N) is 1. The summed E-state index contributed by atoms with van der Waals surface area (Å²) in [6.07, 6.45) is 2.83. The van der Waals surface area contributed by atoms with E-state index in [0.29, 0.717) is 18.9 Å². The van der Waals surface area contributed by atoms with Crippen molar-refractivity contribution in [2.45, 2.75) is 59.4 Å². The van der Waals surface area contributed by atoms with E-state index in [9.17, 15) is 9.59 Å². The molecule has 0 aromatic rings. The molecule has 20 heavy (non-hydrogen) atoms. The van der Waals surface area contributed by atoms with Crippen LogP contribution in [0.3, 0.4) is 0 Å². The summed E-state index contributed by atoms with van der Waals surface area (Å²) in [6.45, 7) is 9.77. The van der Waals surface area contributed by atoms with Crippen LogP contribution >= 0.6 is 0 Å². The van der Waals surface area contributed by atoms with Crippen molar-refractivity contribution >= 4 is 12.0 Å². The fourth-order valence-electron chi connectivity index (χ4n) is 2.31. The van der Waals surface area contributed by atoms with Gasteiger partial charge >= 0.3 is 12.0 Å². The van der Waals surface area contributed by atoms with Crippen LogP contribution in [-0.4, -0.2) is 41.1 Å². The van der Waals surface area contributed by atoms with E-state index in [1.807, 2.05) is 11.8 Å². The van der Waals surface area contributed by atoms with E-state index in [1.165, 1.54) is 0 Å². The third-order valence-electron chi connectivity index (χ3n) is 4.21. The number of rotatable bonds is 4. The van der Waals surface area contributed by atoms with Gasteiger partial charge in [-0.3, -0.25) is 4.79 Å². The summed E-state index contributed by atoms with van der Waals surface area (Å²) in [5.74, 6) is -0.441. The van der Waals surface area contributed by atoms with Crippen LogP contribution in [0.5, 0.6) is 0 Å². The Bertz CT molecular complexity index is 350. The van der Waals surface area contributed by atoms with Gasteiger partial charge < -0.3 is 15.3 Å². The van der Waals surface area contributed by atoms with Gasteiger partial charge in [-0.25, -0.2) is 4.79 Å². The lowest BCUT2D eigenvalue weighted by Crippen LogP contribution is -2.51. The molecule has 1 saturated heterocycles. The van der Waals surface area contributed by atoms with Crippen molar-refractivity contribution in [3.8, 4) is 0 Å². The van der Waals surface area contributed by atoms with Crippen molar-refractivity contribution < 1.29 is 14.7 Å². The van der Waals surface area contributed by atoms with Crippen LogP contribution in [0.1, 0.15) is 53.4 Å². The van der Waals surface area contributed by atoms with Crippen molar-refractivity contribution in [2.75, 3.05) is 13.1 Å². The predicted octanol–water partition coefficient (Wildman–Crippen LogP) is 2.71. The number of amides is 2. The number of carboxylic acids is 1. The molecule has 1 aliphatic rings. The smallest absolute Gasteiger partial charge is 0.317 e. The van der Waals surface area contributed by atoms with Crippen LogP contribution in [0.4, 0.5) is 4.79 Å². The molecule has 2 N–H and O–H groups in total. The Morgan fingerprint density at radius 2 is 2.05 bits per heavy atom. The first-order valence-electron chi connectivity index (χ1n) is 7.47. The van der Waals surface area contributed by atoms with Crippen molar-refractivity contribution in [3.05, 3.63) is 0 Å². The van der Waals surface area contributed by atoms with E-state index >= 15 is 0 Å². The molecule has 2 atom stereocenters. The molecule has 5 heteroatoms. The van der Waals surface area contributed by atoms with Crippen molar-refractivity contribution in [1.82, 2.24) is 10.2 Å². The third-order valence-corrected chi connectivity index (χ3v) is 4.21. The fourth-order valence-corrected chi connectivity index (χ4v) is 2.31. The molecule has 1 heterocycles. The Balaban J connectivity index is 2.46. The molecule has 0 aromatic carbocycles. The van der Waals surface area contributed by atoms with Gasteiger partial charge in [0.2, 0.25) is 0 Å². The number of nitrogens with one attached hydrogen (secondary N) is 1. The monoisotopic (exact) mass is 284 g/mol. The van der Waals surface area contributed by atoms with Gasteiger partial charge in [-0.15, -0.1) is 0 Å². The van der Waals surface area contributed by atoms with Gasteiger partial charge in [0.15, 0.2) is 0 Å². The lowest BCUT2D eigenvalue weighted by atomic mass is 9.88. The summed E-state index contributed by atoms with van der Waals surface area (Å²) >= 11 is 0. The topological polar surface area (TPSA) is 69.6 Å². The van der Waals surface area contributed by atoms with Gasteiger partial charge in [0.25, 0.3) is 0 Å². The lowest BCUT2D eigenvalue weighted by Gasteiger charge is -2.35. The molecule has 5 nitrogen and oxygen atoms in total. The maximum Gasteiger partial charge on any atom is 0.317 e. The second kappa shape index (κ2) is 6.95. The number of carbonyl (C=O) groups excluding carboxylic acids is 1. The van der Waals surface area contributed by atoms with Gasteiger partial charge in [0.05, 0.1) is 0 Å². The zero-order valence-electron chi connectivity index (χ0n) is 13.1. The molecular formula is C15H28N2O3.